The predicted octanol–water partition coefficient (Wildman–Crippen LogP) is 6.24. The van der Waals surface area contributed by atoms with E-state index in [0.29, 0.717) is 37.4 Å². The van der Waals surface area contributed by atoms with Crippen molar-refractivity contribution in [2.24, 2.45) is 0 Å². The van der Waals surface area contributed by atoms with Crippen LogP contribution in [0.25, 0.3) is 0 Å². The van der Waals surface area contributed by atoms with Gasteiger partial charge in [-0.15, -0.1) is 0 Å². The van der Waals surface area contributed by atoms with E-state index in [0.717, 1.165) is 29.0 Å². The SMILES string of the molecule is COCCCN(Cc1cccn1Cc1cccc(C(F)(F)F)c1)C(=O)Nc1ccc(C)c(C)c1. The Hall–Kier alpha value is -3.26. The molecule has 0 atom stereocenters. The zero-order valence-corrected chi connectivity index (χ0v) is 19.7. The van der Waals surface area contributed by atoms with Crippen molar-refractivity contribution < 1.29 is 22.7 Å². The fourth-order valence-corrected chi connectivity index (χ4v) is 3.66. The van der Waals surface area contributed by atoms with Gasteiger partial charge >= 0.3 is 12.2 Å². The van der Waals surface area contributed by atoms with E-state index in [-0.39, 0.29) is 12.6 Å². The van der Waals surface area contributed by atoms with Gasteiger partial charge in [-0.1, -0.05) is 18.2 Å². The number of benzene rings is 2. The van der Waals surface area contributed by atoms with Gasteiger partial charge in [0.2, 0.25) is 0 Å². The standard InChI is InChI=1S/C26H30F3N3O2/c1-19-10-11-23(15-20(19)2)30-25(33)32(13-6-14-34-3)18-24-9-5-12-31(24)17-21-7-4-8-22(16-21)26(27,28)29/h4-5,7-12,15-16H,6,13-14,17-18H2,1-3H3,(H,30,33). The maximum Gasteiger partial charge on any atom is 0.416 e. The summed E-state index contributed by atoms with van der Waals surface area (Å²) in [5, 5.41) is 2.95. The van der Waals surface area contributed by atoms with Crippen LogP contribution in [-0.2, 0) is 24.0 Å². The van der Waals surface area contributed by atoms with Crippen LogP contribution in [0.4, 0.5) is 23.7 Å². The van der Waals surface area contributed by atoms with Crippen molar-refractivity contribution >= 4 is 11.7 Å². The number of nitrogens with one attached hydrogen (secondary N) is 1. The zero-order chi connectivity index (χ0) is 24.7. The second-order valence-electron chi connectivity index (χ2n) is 8.32. The van der Waals surface area contributed by atoms with Crippen molar-refractivity contribution in [3.63, 3.8) is 0 Å². The molecule has 2 aromatic carbocycles. The van der Waals surface area contributed by atoms with Gasteiger partial charge in [-0.25, -0.2) is 4.79 Å². The second-order valence-corrected chi connectivity index (χ2v) is 8.32. The largest absolute Gasteiger partial charge is 0.416 e. The molecule has 182 valence electrons. The third-order valence-electron chi connectivity index (χ3n) is 5.71. The van der Waals surface area contributed by atoms with Gasteiger partial charge in [0.1, 0.15) is 0 Å². The molecule has 0 aliphatic carbocycles. The maximum absolute atomic E-state index is 13.1. The topological polar surface area (TPSA) is 46.5 Å². The number of methoxy groups -OCH3 is 1. The highest BCUT2D eigenvalue weighted by molar-refractivity contribution is 5.89. The van der Waals surface area contributed by atoms with E-state index < -0.39 is 11.7 Å². The molecular formula is C26H30F3N3O2. The summed E-state index contributed by atoms with van der Waals surface area (Å²) in [5.74, 6) is 0. The number of halogens is 3. The van der Waals surface area contributed by atoms with Gasteiger partial charge in [-0.05, 0) is 73.4 Å². The molecule has 0 aliphatic rings. The van der Waals surface area contributed by atoms with Crippen LogP contribution in [0.5, 0.6) is 0 Å². The van der Waals surface area contributed by atoms with E-state index in [9.17, 15) is 18.0 Å². The molecule has 0 fully saturated rings. The van der Waals surface area contributed by atoms with E-state index in [4.69, 9.17) is 4.74 Å². The number of hydrogen-bond acceptors (Lipinski definition) is 2. The normalized spacial score (nSPS) is 11.5. The Morgan fingerprint density at radius 3 is 2.56 bits per heavy atom. The molecule has 3 rings (SSSR count). The smallest absolute Gasteiger partial charge is 0.385 e. The zero-order valence-electron chi connectivity index (χ0n) is 19.7. The molecule has 34 heavy (non-hydrogen) atoms. The number of aromatic nitrogens is 1. The van der Waals surface area contributed by atoms with Gasteiger partial charge < -0.3 is 19.5 Å². The average molecular weight is 474 g/mol. The Balaban J connectivity index is 1.76. The van der Waals surface area contributed by atoms with Crippen molar-refractivity contribution in [1.29, 1.82) is 0 Å². The first kappa shape index (κ1) is 25.4. The molecular weight excluding hydrogens is 443 g/mol. The molecule has 0 unspecified atom stereocenters. The van der Waals surface area contributed by atoms with Crippen LogP contribution < -0.4 is 5.32 Å². The molecule has 0 saturated carbocycles. The number of carbonyl (C=O) groups excluding carboxylic acids is 1. The third-order valence-corrected chi connectivity index (χ3v) is 5.71. The van der Waals surface area contributed by atoms with Crippen LogP contribution in [0.3, 0.4) is 0 Å². The Morgan fingerprint density at radius 2 is 1.85 bits per heavy atom. The summed E-state index contributed by atoms with van der Waals surface area (Å²) >= 11 is 0. The number of carbonyl (C=O) groups is 1. The van der Waals surface area contributed by atoms with E-state index in [1.165, 1.54) is 6.07 Å². The molecule has 0 radical (unpaired) electrons. The lowest BCUT2D eigenvalue weighted by atomic mass is 10.1. The molecule has 3 aromatic rings. The fraction of sp³-hybridized carbons (Fsp3) is 0.346. The van der Waals surface area contributed by atoms with Crippen molar-refractivity contribution in [2.75, 3.05) is 25.6 Å². The minimum Gasteiger partial charge on any atom is -0.385 e. The van der Waals surface area contributed by atoms with E-state index in [1.807, 2.05) is 54.9 Å². The highest BCUT2D eigenvalue weighted by atomic mass is 19.4. The van der Waals surface area contributed by atoms with Gasteiger partial charge in [0.25, 0.3) is 0 Å². The molecule has 5 nitrogen and oxygen atoms in total. The minimum atomic E-state index is -4.39. The summed E-state index contributed by atoms with van der Waals surface area (Å²) < 4.78 is 46.3. The summed E-state index contributed by atoms with van der Waals surface area (Å²) in [7, 11) is 1.61. The molecule has 0 saturated heterocycles. The highest BCUT2D eigenvalue weighted by Crippen LogP contribution is 2.29. The van der Waals surface area contributed by atoms with Crippen LogP contribution in [-0.4, -0.2) is 35.8 Å². The summed E-state index contributed by atoms with van der Waals surface area (Å²) in [6.07, 6.45) is -1.92. The van der Waals surface area contributed by atoms with Crippen LogP contribution in [0, 0.1) is 13.8 Å². The fourth-order valence-electron chi connectivity index (χ4n) is 3.66. The number of amides is 2. The summed E-state index contributed by atoms with van der Waals surface area (Å²) in [6.45, 7) is 5.57. The monoisotopic (exact) mass is 473 g/mol. The van der Waals surface area contributed by atoms with Crippen LogP contribution in [0.15, 0.2) is 60.8 Å². The average Bonchev–Trinajstić information content (AvgIpc) is 3.21. The summed E-state index contributed by atoms with van der Waals surface area (Å²) in [6, 6.07) is 14.5. The lowest BCUT2D eigenvalue weighted by molar-refractivity contribution is -0.137. The lowest BCUT2D eigenvalue weighted by Gasteiger charge is -2.24. The van der Waals surface area contributed by atoms with E-state index in [2.05, 4.69) is 5.32 Å². The van der Waals surface area contributed by atoms with E-state index >= 15 is 0 Å². The van der Waals surface area contributed by atoms with Crippen molar-refractivity contribution in [1.82, 2.24) is 9.47 Å². The molecule has 0 aliphatic heterocycles. The number of anilines is 1. The van der Waals surface area contributed by atoms with Crippen molar-refractivity contribution in [3.05, 3.63) is 88.7 Å². The Bertz CT molecular complexity index is 1110. The predicted molar refractivity (Wildman–Crippen MR) is 127 cm³/mol. The van der Waals surface area contributed by atoms with Crippen LogP contribution in [0.2, 0.25) is 0 Å². The lowest BCUT2D eigenvalue weighted by Crippen LogP contribution is -2.36. The molecule has 0 bridgehead atoms. The molecule has 1 aromatic heterocycles. The van der Waals surface area contributed by atoms with Gasteiger partial charge in [-0.3, -0.25) is 0 Å². The molecule has 2 amide bonds. The van der Waals surface area contributed by atoms with Crippen LogP contribution >= 0.6 is 0 Å². The Kier molecular flexibility index (Phi) is 8.39. The number of urea groups is 1. The Labute approximate surface area is 198 Å². The highest BCUT2D eigenvalue weighted by Gasteiger charge is 2.30. The maximum atomic E-state index is 13.1. The summed E-state index contributed by atoms with van der Waals surface area (Å²) in [5.41, 5.74) is 3.63. The van der Waals surface area contributed by atoms with Crippen LogP contribution in [0.1, 0.15) is 34.4 Å². The van der Waals surface area contributed by atoms with E-state index in [1.54, 1.807) is 18.1 Å². The van der Waals surface area contributed by atoms with Gasteiger partial charge in [0, 0.05) is 44.4 Å². The number of hydrogen-bond donors (Lipinski definition) is 1. The quantitative estimate of drug-likeness (QED) is 0.374. The molecule has 1 heterocycles. The third kappa shape index (κ3) is 6.87. The van der Waals surface area contributed by atoms with Crippen molar-refractivity contribution in [2.45, 2.75) is 39.5 Å². The number of nitrogens with zero attached hydrogens (tertiary/aromatic N) is 2. The summed E-state index contributed by atoms with van der Waals surface area (Å²) in [4.78, 5) is 14.8. The molecule has 0 spiro atoms. The van der Waals surface area contributed by atoms with Crippen molar-refractivity contribution in [3.8, 4) is 0 Å². The van der Waals surface area contributed by atoms with Gasteiger partial charge in [-0.2, -0.15) is 13.2 Å². The Morgan fingerprint density at radius 1 is 1.06 bits per heavy atom. The van der Waals surface area contributed by atoms with Gasteiger partial charge in [0.15, 0.2) is 0 Å². The number of alkyl halides is 3. The number of aryl methyl sites for hydroxylation is 2. The second kappa shape index (κ2) is 11.2. The first-order valence-electron chi connectivity index (χ1n) is 11.1. The molecule has 1 N–H and O–H groups in total. The molecule has 8 heteroatoms. The number of rotatable bonds is 9. The number of ether oxygens (including phenoxy) is 1. The minimum absolute atomic E-state index is 0.244. The first-order valence-corrected chi connectivity index (χ1v) is 11.1. The first-order chi connectivity index (χ1) is 16.2. The van der Waals surface area contributed by atoms with Gasteiger partial charge in [0.05, 0.1) is 12.1 Å².